The number of hydrogen-bond acceptors (Lipinski definition) is 1. The molecule has 1 N–H and O–H groups in total. The van der Waals surface area contributed by atoms with Gasteiger partial charge in [0.05, 0.1) is 5.56 Å². The van der Waals surface area contributed by atoms with Crippen molar-refractivity contribution in [2.75, 3.05) is 0 Å². The molecule has 0 aliphatic heterocycles. The van der Waals surface area contributed by atoms with Gasteiger partial charge in [0.2, 0.25) is 0 Å². The van der Waals surface area contributed by atoms with Crippen molar-refractivity contribution in [2.45, 2.75) is 12.7 Å². The maximum atomic E-state index is 12.9. The van der Waals surface area contributed by atoms with Gasteiger partial charge >= 0.3 is 6.18 Å². The highest BCUT2D eigenvalue weighted by Gasteiger charge is 2.30. The Kier molecular flexibility index (Phi) is 4.84. The number of alkyl halides is 3. The summed E-state index contributed by atoms with van der Waals surface area (Å²) in [7, 11) is 1.66. The Hall–Kier alpha value is -3.02. The number of nitrogens with zero attached hydrogens (tertiary/aromatic N) is 1. The highest BCUT2D eigenvalue weighted by molar-refractivity contribution is 5.93. The second kappa shape index (κ2) is 7.07. The van der Waals surface area contributed by atoms with E-state index in [1.807, 2.05) is 30.3 Å². The van der Waals surface area contributed by atoms with Gasteiger partial charge in [0.25, 0.3) is 5.91 Å². The average Bonchev–Trinajstić information content (AvgIpc) is 3.01. The van der Waals surface area contributed by atoms with Gasteiger partial charge in [-0.1, -0.05) is 42.5 Å². The van der Waals surface area contributed by atoms with Gasteiger partial charge in [0.15, 0.2) is 0 Å². The highest BCUT2D eigenvalue weighted by Crippen LogP contribution is 2.32. The molecule has 0 saturated heterocycles. The first-order valence-corrected chi connectivity index (χ1v) is 8.02. The van der Waals surface area contributed by atoms with Crippen molar-refractivity contribution in [1.82, 2.24) is 9.88 Å². The van der Waals surface area contributed by atoms with Gasteiger partial charge in [-0.25, -0.2) is 0 Å². The van der Waals surface area contributed by atoms with Gasteiger partial charge in [-0.2, -0.15) is 13.2 Å². The zero-order chi connectivity index (χ0) is 18.7. The molecule has 6 heteroatoms. The van der Waals surface area contributed by atoms with Crippen LogP contribution in [0, 0.1) is 0 Å². The Bertz CT molecular complexity index is 914. The molecule has 0 aliphatic carbocycles. The van der Waals surface area contributed by atoms with E-state index >= 15 is 0 Å². The molecule has 3 rings (SSSR count). The normalized spacial score (nSPS) is 11.4. The fourth-order valence-corrected chi connectivity index (χ4v) is 2.75. The Morgan fingerprint density at radius 3 is 2.42 bits per heavy atom. The molecule has 0 radical (unpaired) electrons. The standard InChI is InChI=1S/C20H17F3N2O/c1-25-17(15-8-5-9-16(12-15)20(21,22)23)10-11-18(25)19(26)24-13-14-6-3-2-4-7-14/h2-12H,13H2,1H3,(H,24,26). The number of nitrogens with one attached hydrogen (secondary N) is 1. The maximum Gasteiger partial charge on any atom is 0.416 e. The topological polar surface area (TPSA) is 34.0 Å². The quantitative estimate of drug-likeness (QED) is 0.724. The van der Waals surface area contributed by atoms with Crippen molar-refractivity contribution in [1.29, 1.82) is 0 Å². The molecule has 134 valence electrons. The van der Waals surface area contributed by atoms with Crippen LogP contribution in [0.4, 0.5) is 13.2 Å². The highest BCUT2D eigenvalue weighted by atomic mass is 19.4. The van der Waals surface area contributed by atoms with Crippen LogP contribution < -0.4 is 5.32 Å². The second-order valence-electron chi connectivity index (χ2n) is 5.91. The summed E-state index contributed by atoms with van der Waals surface area (Å²) < 4.78 is 40.3. The van der Waals surface area contributed by atoms with Crippen LogP contribution in [-0.4, -0.2) is 10.5 Å². The van der Waals surface area contributed by atoms with Gasteiger partial charge < -0.3 is 9.88 Å². The summed E-state index contributed by atoms with van der Waals surface area (Å²) in [6.45, 7) is 0.379. The first-order valence-electron chi connectivity index (χ1n) is 8.02. The van der Waals surface area contributed by atoms with Gasteiger partial charge in [0, 0.05) is 19.3 Å². The number of hydrogen-bond donors (Lipinski definition) is 1. The fourth-order valence-electron chi connectivity index (χ4n) is 2.75. The molecular formula is C20H17F3N2O. The smallest absolute Gasteiger partial charge is 0.347 e. The number of carbonyl (C=O) groups excluding carboxylic acids is 1. The lowest BCUT2D eigenvalue weighted by Gasteiger charge is -2.11. The Morgan fingerprint density at radius 1 is 1.00 bits per heavy atom. The van der Waals surface area contributed by atoms with Crippen LogP contribution in [0.25, 0.3) is 11.3 Å². The predicted molar refractivity (Wildman–Crippen MR) is 93.5 cm³/mol. The minimum atomic E-state index is -4.41. The minimum Gasteiger partial charge on any atom is -0.347 e. The molecule has 0 spiro atoms. The van der Waals surface area contributed by atoms with E-state index in [-0.39, 0.29) is 5.91 Å². The van der Waals surface area contributed by atoms with E-state index in [9.17, 15) is 18.0 Å². The number of carbonyl (C=O) groups is 1. The third-order valence-corrected chi connectivity index (χ3v) is 4.14. The molecule has 1 heterocycles. The number of benzene rings is 2. The van der Waals surface area contributed by atoms with Crippen LogP contribution >= 0.6 is 0 Å². The maximum absolute atomic E-state index is 12.9. The number of aromatic nitrogens is 1. The van der Waals surface area contributed by atoms with E-state index in [1.54, 1.807) is 29.8 Å². The van der Waals surface area contributed by atoms with E-state index < -0.39 is 11.7 Å². The Morgan fingerprint density at radius 2 is 1.73 bits per heavy atom. The molecule has 0 saturated carbocycles. The van der Waals surface area contributed by atoms with E-state index in [2.05, 4.69) is 5.32 Å². The van der Waals surface area contributed by atoms with Crippen LogP contribution in [0.2, 0.25) is 0 Å². The molecule has 3 aromatic rings. The van der Waals surface area contributed by atoms with Crippen molar-refractivity contribution in [3.8, 4) is 11.3 Å². The lowest BCUT2D eigenvalue weighted by atomic mass is 10.1. The molecule has 26 heavy (non-hydrogen) atoms. The number of amides is 1. The summed E-state index contributed by atoms with van der Waals surface area (Å²) in [4.78, 5) is 12.4. The summed E-state index contributed by atoms with van der Waals surface area (Å²) in [5.41, 5.74) is 1.58. The summed E-state index contributed by atoms with van der Waals surface area (Å²) in [6.07, 6.45) is -4.41. The Balaban J connectivity index is 1.81. The summed E-state index contributed by atoms with van der Waals surface area (Å²) in [5, 5.41) is 2.82. The first-order chi connectivity index (χ1) is 12.4. The Labute approximate surface area is 149 Å². The molecule has 0 fully saturated rings. The molecule has 1 amide bonds. The predicted octanol–water partition coefficient (Wildman–Crippen LogP) is 4.64. The van der Waals surface area contributed by atoms with E-state index in [0.29, 0.717) is 23.5 Å². The average molecular weight is 358 g/mol. The van der Waals surface area contributed by atoms with Crippen molar-refractivity contribution in [3.05, 3.63) is 83.6 Å². The largest absolute Gasteiger partial charge is 0.416 e. The first kappa shape index (κ1) is 17.8. The van der Waals surface area contributed by atoms with Crippen LogP contribution in [-0.2, 0) is 19.8 Å². The molecule has 0 atom stereocenters. The van der Waals surface area contributed by atoms with Crippen molar-refractivity contribution in [3.63, 3.8) is 0 Å². The van der Waals surface area contributed by atoms with Crippen LogP contribution in [0.5, 0.6) is 0 Å². The van der Waals surface area contributed by atoms with Gasteiger partial charge in [-0.15, -0.1) is 0 Å². The molecule has 0 aliphatic rings. The summed E-state index contributed by atoms with van der Waals surface area (Å²) >= 11 is 0. The molecule has 1 aromatic heterocycles. The lowest BCUT2D eigenvalue weighted by Crippen LogP contribution is -2.24. The van der Waals surface area contributed by atoms with Crippen LogP contribution in [0.1, 0.15) is 21.6 Å². The third kappa shape index (κ3) is 3.79. The zero-order valence-corrected chi connectivity index (χ0v) is 14.0. The van der Waals surface area contributed by atoms with Gasteiger partial charge in [-0.3, -0.25) is 4.79 Å². The molecular weight excluding hydrogens is 341 g/mol. The van der Waals surface area contributed by atoms with Crippen molar-refractivity contribution < 1.29 is 18.0 Å². The molecule has 0 bridgehead atoms. The van der Waals surface area contributed by atoms with Gasteiger partial charge in [-0.05, 0) is 35.4 Å². The number of halogens is 3. The zero-order valence-electron chi connectivity index (χ0n) is 14.0. The fraction of sp³-hybridized carbons (Fsp3) is 0.150. The van der Waals surface area contributed by atoms with E-state index in [1.165, 1.54) is 6.07 Å². The van der Waals surface area contributed by atoms with E-state index in [4.69, 9.17) is 0 Å². The van der Waals surface area contributed by atoms with Crippen LogP contribution in [0.3, 0.4) is 0 Å². The third-order valence-electron chi connectivity index (χ3n) is 4.14. The molecule has 3 nitrogen and oxygen atoms in total. The summed E-state index contributed by atoms with van der Waals surface area (Å²) in [6, 6.07) is 17.8. The number of rotatable bonds is 4. The SMILES string of the molecule is Cn1c(C(=O)NCc2ccccc2)ccc1-c1cccc(C(F)(F)F)c1. The van der Waals surface area contributed by atoms with Gasteiger partial charge in [0.1, 0.15) is 5.69 Å². The lowest BCUT2D eigenvalue weighted by molar-refractivity contribution is -0.137. The summed E-state index contributed by atoms with van der Waals surface area (Å²) in [5.74, 6) is -0.283. The van der Waals surface area contributed by atoms with Crippen molar-refractivity contribution in [2.24, 2.45) is 7.05 Å². The second-order valence-corrected chi connectivity index (χ2v) is 5.91. The van der Waals surface area contributed by atoms with E-state index in [0.717, 1.165) is 17.7 Å². The molecule has 0 unspecified atom stereocenters. The molecule has 2 aromatic carbocycles. The van der Waals surface area contributed by atoms with Crippen molar-refractivity contribution >= 4 is 5.91 Å². The minimum absolute atomic E-state index is 0.283. The van der Waals surface area contributed by atoms with Crippen LogP contribution in [0.15, 0.2) is 66.7 Å². The monoisotopic (exact) mass is 358 g/mol.